The number of carbonyl (C=O) groups excluding carboxylic acids is 1. The number of aromatic nitrogens is 1. The lowest BCUT2D eigenvalue weighted by atomic mass is 10.1. The second kappa shape index (κ2) is 7.30. The number of halogens is 5. The van der Waals surface area contributed by atoms with Gasteiger partial charge in [0.25, 0.3) is 0 Å². The van der Waals surface area contributed by atoms with Crippen molar-refractivity contribution < 1.29 is 27.4 Å². The van der Waals surface area contributed by atoms with E-state index in [0.717, 1.165) is 0 Å². The van der Waals surface area contributed by atoms with E-state index < -0.39 is 18.2 Å². The van der Waals surface area contributed by atoms with E-state index in [1.807, 2.05) is 0 Å². The van der Waals surface area contributed by atoms with Crippen LogP contribution in [0.4, 0.5) is 13.2 Å². The van der Waals surface area contributed by atoms with Crippen molar-refractivity contribution in [2.24, 2.45) is 0 Å². The lowest BCUT2D eigenvalue weighted by Crippen LogP contribution is -2.19. The van der Waals surface area contributed by atoms with Crippen molar-refractivity contribution in [1.29, 1.82) is 0 Å². The van der Waals surface area contributed by atoms with Gasteiger partial charge in [0.2, 0.25) is 5.88 Å². The van der Waals surface area contributed by atoms with Crippen molar-refractivity contribution in [2.75, 3.05) is 6.61 Å². The Kier molecular flexibility index (Phi) is 6.31. The molecule has 0 N–H and O–H groups in total. The molecular weight excluding hydrogens is 413 g/mol. The predicted molar refractivity (Wildman–Crippen MR) is 73.5 cm³/mol. The minimum atomic E-state index is -4.83. The normalized spacial score (nSPS) is 11.3. The van der Waals surface area contributed by atoms with Gasteiger partial charge in [0.15, 0.2) is 0 Å². The highest BCUT2D eigenvalue weighted by atomic mass is 127. The Bertz CT molecular complexity index is 497. The van der Waals surface area contributed by atoms with Gasteiger partial charge < -0.3 is 9.47 Å². The highest BCUT2D eigenvalue weighted by molar-refractivity contribution is 14.1. The number of rotatable bonds is 5. The number of pyridine rings is 1. The van der Waals surface area contributed by atoms with Crippen LogP contribution in [0.5, 0.6) is 5.88 Å². The molecule has 9 heteroatoms. The Morgan fingerprint density at radius 2 is 2.15 bits per heavy atom. The fraction of sp³-hybridized carbons (Fsp3) is 0.455. The van der Waals surface area contributed by atoms with Crippen LogP contribution in [-0.4, -0.2) is 23.9 Å². The van der Waals surface area contributed by atoms with Crippen molar-refractivity contribution in [1.82, 2.24) is 4.98 Å². The minimum Gasteiger partial charge on any atom is -0.466 e. The molecule has 0 bridgehead atoms. The quantitative estimate of drug-likeness (QED) is 0.414. The second-order valence-corrected chi connectivity index (χ2v) is 4.97. The van der Waals surface area contributed by atoms with Crippen LogP contribution in [0.3, 0.4) is 0 Å². The molecule has 4 nitrogen and oxygen atoms in total. The zero-order chi connectivity index (χ0) is 15.3. The molecule has 0 aliphatic heterocycles. The zero-order valence-electron chi connectivity index (χ0n) is 10.3. The number of hydrogen-bond acceptors (Lipinski definition) is 4. The highest BCUT2D eigenvalue weighted by Gasteiger charge is 2.33. The first-order valence-electron chi connectivity index (χ1n) is 5.42. The number of carbonyl (C=O) groups is 1. The van der Waals surface area contributed by atoms with Crippen molar-refractivity contribution in [2.45, 2.75) is 25.6 Å². The summed E-state index contributed by atoms with van der Waals surface area (Å²) >= 11 is 7.28. The van der Waals surface area contributed by atoms with Crippen LogP contribution in [-0.2, 0) is 21.8 Å². The fourth-order valence-corrected chi connectivity index (χ4v) is 2.20. The molecule has 0 amide bonds. The average molecular weight is 424 g/mol. The molecule has 0 fully saturated rings. The van der Waals surface area contributed by atoms with Crippen LogP contribution in [0.2, 0.25) is 0 Å². The van der Waals surface area contributed by atoms with E-state index in [-0.39, 0.29) is 28.2 Å². The van der Waals surface area contributed by atoms with Gasteiger partial charge in [-0.2, -0.15) is 0 Å². The summed E-state index contributed by atoms with van der Waals surface area (Å²) in [7, 11) is 0. The molecule has 20 heavy (non-hydrogen) atoms. The van der Waals surface area contributed by atoms with Crippen LogP contribution in [0.25, 0.3) is 0 Å². The topological polar surface area (TPSA) is 48.4 Å². The van der Waals surface area contributed by atoms with Crippen molar-refractivity contribution in [3.05, 3.63) is 20.9 Å². The van der Waals surface area contributed by atoms with Gasteiger partial charge >= 0.3 is 12.3 Å². The first kappa shape index (κ1) is 17.3. The number of hydrogen-bond donors (Lipinski definition) is 0. The summed E-state index contributed by atoms with van der Waals surface area (Å²) in [4.78, 5) is 15.1. The maximum atomic E-state index is 12.2. The Labute approximate surface area is 131 Å². The molecule has 0 unspecified atom stereocenters. The third-order valence-electron chi connectivity index (χ3n) is 2.09. The summed E-state index contributed by atoms with van der Waals surface area (Å²) in [5.41, 5.74) is 0.566. The van der Waals surface area contributed by atoms with E-state index >= 15 is 0 Å². The largest absolute Gasteiger partial charge is 0.574 e. The monoisotopic (exact) mass is 423 g/mol. The van der Waals surface area contributed by atoms with E-state index in [9.17, 15) is 18.0 Å². The van der Waals surface area contributed by atoms with E-state index in [1.165, 1.54) is 6.07 Å². The standard InChI is InChI=1S/C11H10ClF3INO3/c1-2-19-9(18)4-6-3-7(16)10(17-8(6)5-12)20-11(13,14)15/h3H,2,4-5H2,1H3. The average Bonchev–Trinajstić information content (AvgIpc) is 2.31. The first-order chi connectivity index (χ1) is 9.26. The summed E-state index contributed by atoms with van der Waals surface area (Å²) in [5, 5.41) is 0. The molecule has 1 aromatic rings. The summed E-state index contributed by atoms with van der Waals surface area (Å²) < 4.78 is 45.3. The maximum absolute atomic E-state index is 12.2. The number of alkyl halides is 4. The molecule has 0 radical (unpaired) electrons. The molecule has 1 heterocycles. The minimum absolute atomic E-state index is 0.106. The molecule has 0 atom stereocenters. The molecule has 1 aromatic heterocycles. The summed E-state index contributed by atoms with van der Waals surface area (Å²) in [6.07, 6.45) is -4.94. The Hall–Kier alpha value is -0.770. The number of nitrogens with zero attached hydrogens (tertiary/aromatic N) is 1. The summed E-state index contributed by atoms with van der Waals surface area (Å²) in [5.74, 6) is -1.22. The van der Waals surface area contributed by atoms with E-state index in [2.05, 4.69) is 9.72 Å². The van der Waals surface area contributed by atoms with Gasteiger partial charge in [-0.3, -0.25) is 4.79 Å². The van der Waals surface area contributed by atoms with Crippen molar-refractivity contribution in [3.63, 3.8) is 0 Å². The van der Waals surface area contributed by atoms with Crippen LogP contribution in [0.1, 0.15) is 18.2 Å². The van der Waals surface area contributed by atoms with Gasteiger partial charge in [-0.1, -0.05) is 0 Å². The van der Waals surface area contributed by atoms with Gasteiger partial charge in [0, 0.05) is 0 Å². The SMILES string of the molecule is CCOC(=O)Cc1cc(I)c(OC(F)(F)F)nc1CCl. The van der Waals surface area contributed by atoms with Crippen LogP contribution >= 0.6 is 34.2 Å². The fourth-order valence-electron chi connectivity index (χ4n) is 1.36. The zero-order valence-corrected chi connectivity index (χ0v) is 13.2. The van der Waals surface area contributed by atoms with Gasteiger partial charge in [-0.05, 0) is 41.1 Å². The molecular formula is C11H10ClF3INO3. The number of esters is 1. The molecule has 0 aliphatic rings. The van der Waals surface area contributed by atoms with Gasteiger partial charge in [-0.25, -0.2) is 4.98 Å². The third kappa shape index (κ3) is 5.31. The molecule has 0 aliphatic carbocycles. The van der Waals surface area contributed by atoms with E-state index in [0.29, 0.717) is 5.56 Å². The lowest BCUT2D eigenvalue weighted by molar-refractivity contribution is -0.276. The van der Waals surface area contributed by atoms with Gasteiger partial charge in [0.05, 0.1) is 28.2 Å². The predicted octanol–water partition coefficient (Wildman–Crippen LogP) is 3.43. The number of ether oxygens (including phenoxy) is 2. The molecule has 0 saturated carbocycles. The second-order valence-electron chi connectivity index (χ2n) is 3.54. The van der Waals surface area contributed by atoms with Crippen LogP contribution in [0.15, 0.2) is 6.07 Å². The first-order valence-corrected chi connectivity index (χ1v) is 7.03. The summed E-state index contributed by atoms with van der Waals surface area (Å²) in [6, 6.07) is 1.38. The maximum Gasteiger partial charge on any atom is 0.574 e. The van der Waals surface area contributed by atoms with E-state index in [1.54, 1.807) is 29.5 Å². The van der Waals surface area contributed by atoms with E-state index in [4.69, 9.17) is 16.3 Å². The molecule has 0 spiro atoms. The third-order valence-corrected chi connectivity index (χ3v) is 3.12. The molecule has 112 valence electrons. The Balaban J connectivity index is 3.04. The summed E-state index contributed by atoms with van der Waals surface area (Å²) in [6.45, 7) is 1.87. The van der Waals surface area contributed by atoms with Crippen molar-refractivity contribution >= 4 is 40.2 Å². The Morgan fingerprint density at radius 1 is 1.50 bits per heavy atom. The smallest absolute Gasteiger partial charge is 0.466 e. The molecule has 0 saturated heterocycles. The molecule has 0 aromatic carbocycles. The molecule has 1 rings (SSSR count). The highest BCUT2D eigenvalue weighted by Crippen LogP contribution is 2.28. The van der Waals surface area contributed by atoms with Crippen LogP contribution in [0, 0.1) is 3.57 Å². The van der Waals surface area contributed by atoms with Gasteiger partial charge in [0.1, 0.15) is 0 Å². The van der Waals surface area contributed by atoms with Crippen molar-refractivity contribution in [3.8, 4) is 5.88 Å². The van der Waals surface area contributed by atoms with Gasteiger partial charge in [-0.15, -0.1) is 24.8 Å². The Morgan fingerprint density at radius 3 is 2.65 bits per heavy atom. The lowest BCUT2D eigenvalue weighted by Gasteiger charge is -2.13. The van der Waals surface area contributed by atoms with Crippen LogP contribution < -0.4 is 4.74 Å².